The van der Waals surface area contributed by atoms with Gasteiger partial charge in [0.2, 0.25) is 0 Å². The Balaban J connectivity index is 2.60. The van der Waals surface area contributed by atoms with Gasteiger partial charge in [0.05, 0.1) is 11.1 Å². The van der Waals surface area contributed by atoms with Crippen molar-refractivity contribution in [3.63, 3.8) is 0 Å². The highest BCUT2D eigenvalue weighted by Gasteiger charge is 2.13. The molecule has 3 N–H and O–H groups in total. The number of hydrogen-bond acceptors (Lipinski definition) is 4. The van der Waals surface area contributed by atoms with Gasteiger partial charge in [0.25, 0.3) is 0 Å². The number of H-pyrrole nitrogens is 1. The Labute approximate surface area is 94.7 Å². The molecule has 0 unspecified atom stereocenters. The summed E-state index contributed by atoms with van der Waals surface area (Å²) >= 11 is 0. The maximum absolute atomic E-state index is 10.9. The van der Waals surface area contributed by atoms with Gasteiger partial charge in [-0.3, -0.25) is 0 Å². The molecular formula is C10H7N3O4. The van der Waals surface area contributed by atoms with E-state index in [0.717, 1.165) is 6.07 Å². The minimum Gasteiger partial charge on any atom is -0.478 e. The normalized spacial score (nSPS) is 10.1. The van der Waals surface area contributed by atoms with E-state index in [1.807, 2.05) is 0 Å². The molecule has 0 radical (unpaired) electrons. The second-order valence-electron chi connectivity index (χ2n) is 3.25. The molecule has 17 heavy (non-hydrogen) atoms. The zero-order valence-corrected chi connectivity index (χ0v) is 8.41. The maximum atomic E-state index is 10.9. The lowest BCUT2D eigenvalue weighted by Gasteiger charge is -2.02. The van der Waals surface area contributed by atoms with E-state index in [-0.39, 0.29) is 11.1 Å². The van der Waals surface area contributed by atoms with Crippen LogP contribution in [0.4, 0.5) is 0 Å². The molecule has 7 nitrogen and oxygen atoms in total. The number of aromatic amines is 1. The summed E-state index contributed by atoms with van der Waals surface area (Å²) in [6, 6.07) is 3.75. The van der Waals surface area contributed by atoms with Gasteiger partial charge in [-0.15, -0.1) is 10.2 Å². The van der Waals surface area contributed by atoms with E-state index in [9.17, 15) is 9.59 Å². The van der Waals surface area contributed by atoms with Crippen molar-refractivity contribution in [2.24, 2.45) is 0 Å². The number of carbonyl (C=O) groups is 2. The molecule has 2 rings (SSSR count). The van der Waals surface area contributed by atoms with Crippen LogP contribution >= 0.6 is 0 Å². The number of rotatable bonds is 3. The Hall–Kier alpha value is -2.70. The van der Waals surface area contributed by atoms with E-state index in [2.05, 4.69) is 15.2 Å². The van der Waals surface area contributed by atoms with E-state index < -0.39 is 11.9 Å². The van der Waals surface area contributed by atoms with E-state index in [0.29, 0.717) is 11.4 Å². The molecule has 7 heteroatoms. The van der Waals surface area contributed by atoms with E-state index in [1.54, 1.807) is 0 Å². The molecule has 0 aliphatic rings. The van der Waals surface area contributed by atoms with Gasteiger partial charge in [0.15, 0.2) is 5.82 Å². The van der Waals surface area contributed by atoms with Crippen LogP contribution in [0.3, 0.4) is 0 Å². The van der Waals surface area contributed by atoms with E-state index in [4.69, 9.17) is 10.2 Å². The summed E-state index contributed by atoms with van der Waals surface area (Å²) in [6.07, 6.45) is 1.32. The number of nitrogens with one attached hydrogen (secondary N) is 1. The Kier molecular flexibility index (Phi) is 2.57. The highest BCUT2D eigenvalue weighted by Crippen LogP contribution is 2.18. The highest BCUT2D eigenvalue weighted by molar-refractivity contribution is 5.95. The van der Waals surface area contributed by atoms with Crippen molar-refractivity contribution in [2.75, 3.05) is 0 Å². The molecule has 0 saturated heterocycles. The van der Waals surface area contributed by atoms with Crippen LogP contribution in [0.15, 0.2) is 24.5 Å². The molecule has 0 atom stereocenters. The standard InChI is InChI=1S/C10H7N3O4/c14-9(15)6-1-5(8-11-4-12-13-8)2-7(3-6)10(16)17/h1-4H,(H,14,15)(H,16,17)(H,11,12,13). The molecule has 0 amide bonds. The molecule has 0 aliphatic carbocycles. The molecule has 0 aliphatic heterocycles. The first kappa shape index (κ1) is 10.8. The lowest BCUT2D eigenvalue weighted by Crippen LogP contribution is -2.03. The summed E-state index contributed by atoms with van der Waals surface area (Å²) in [4.78, 5) is 24.4. The lowest BCUT2D eigenvalue weighted by molar-refractivity contribution is 0.0696. The Bertz CT molecular complexity index is 545. The first-order valence-corrected chi connectivity index (χ1v) is 4.56. The molecule has 86 valence electrons. The fraction of sp³-hybridized carbons (Fsp3) is 0. The Morgan fingerprint density at radius 3 is 2.06 bits per heavy atom. The average molecular weight is 233 g/mol. The fourth-order valence-electron chi connectivity index (χ4n) is 1.36. The van der Waals surface area contributed by atoms with Crippen molar-refractivity contribution in [3.8, 4) is 11.4 Å². The minimum absolute atomic E-state index is 0.115. The van der Waals surface area contributed by atoms with Crippen molar-refractivity contribution in [1.82, 2.24) is 15.2 Å². The molecule has 0 saturated carbocycles. The predicted molar refractivity (Wildman–Crippen MR) is 55.7 cm³/mol. The second-order valence-corrected chi connectivity index (χ2v) is 3.25. The third-order valence-electron chi connectivity index (χ3n) is 2.12. The summed E-state index contributed by atoms with van der Waals surface area (Å²) in [5.41, 5.74) is 0.132. The SMILES string of the molecule is O=C(O)c1cc(C(=O)O)cc(-c2nnc[nH]2)c1. The average Bonchev–Trinajstić information content (AvgIpc) is 2.81. The molecule has 1 aromatic heterocycles. The number of hydrogen-bond donors (Lipinski definition) is 3. The number of carboxylic acids is 2. The fourth-order valence-corrected chi connectivity index (χ4v) is 1.36. The van der Waals surface area contributed by atoms with Crippen LogP contribution < -0.4 is 0 Å². The van der Waals surface area contributed by atoms with Crippen LogP contribution in [0.25, 0.3) is 11.4 Å². The quantitative estimate of drug-likeness (QED) is 0.724. The van der Waals surface area contributed by atoms with E-state index in [1.165, 1.54) is 18.5 Å². The van der Waals surface area contributed by atoms with Gasteiger partial charge < -0.3 is 15.2 Å². The van der Waals surface area contributed by atoms with Crippen molar-refractivity contribution in [2.45, 2.75) is 0 Å². The van der Waals surface area contributed by atoms with E-state index >= 15 is 0 Å². The Morgan fingerprint density at radius 2 is 1.65 bits per heavy atom. The van der Waals surface area contributed by atoms with Crippen LogP contribution in [-0.4, -0.2) is 37.3 Å². The first-order valence-electron chi connectivity index (χ1n) is 4.56. The van der Waals surface area contributed by atoms with Crippen molar-refractivity contribution < 1.29 is 19.8 Å². The number of aromatic carboxylic acids is 2. The molecular weight excluding hydrogens is 226 g/mol. The highest BCUT2D eigenvalue weighted by atomic mass is 16.4. The smallest absolute Gasteiger partial charge is 0.335 e. The zero-order valence-electron chi connectivity index (χ0n) is 8.41. The van der Waals surface area contributed by atoms with Gasteiger partial charge in [-0.05, 0) is 18.2 Å². The third-order valence-corrected chi connectivity index (χ3v) is 2.12. The Morgan fingerprint density at radius 1 is 1.06 bits per heavy atom. The van der Waals surface area contributed by atoms with Gasteiger partial charge in [0, 0.05) is 5.56 Å². The first-order chi connectivity index (χ1) is 8.08. The van der Waals surface area contributed by atoms with Crippen LogP contribution in [0.1, 0.15) is 20.7 Å². The van der Waals surface area contributed by atoms with Gasteiger partial charge in [-0.1, -0.05) is 0 Å². The van der Waals surface area contributed by atoms with Crippen LogP contribution in [0.5, 0.6) is 0 Å². The third kappa shape index (κ3) is 2.12. The molecule has 0 fully saturated rings. The van der Waals surface area contributed by atoms with Crippen molar-refractivity contribution >= 4 is 11.9 Å². The molecule has 1 heterocycles. The number of carboxylic acid groups (broad SMARTS) is 2. The van der Waals surface area contributed by atoms with Gasteiger partial charge in [0.1, 0.15) is 6.33 Å². The summed E-state index contributed by atoms with van der Waals surface area (Å²) < 4.78 is 0. The summed E-state index contributed by atoms with van der Waals surface area (Å²) in [5, 5.41) is 25.0. The van der Waals surface area contributed by atoms with Gasteiger partial charge in [-0.25, -0.2) is 9.59 Å². The zero-order chi connectivity index (χ0) is 12.4. The topological polar surface area (TPSA) is 116 Å². The minimum atomic E-state index is -1.20. The van der Waals surface area contributed by atoms with Crippen LogP contribution in [0, 0.1) is 0 Å². The lowest BCUT2D eigenvalue weighted by atomic mass is 10.1. The monoisotopic (exact) mass is 233 g/mol. The van der Waals surface area contributed by atoms with Crippen LogP contribution in [0.2, 0.25) is 0 Å². The van der Waals surface area contributed by atoms with Crippen LogP contribution in [-0.2, 0) is 0 Å². The summed E-state index contributed by atoms with van der Waals surface area (Å²) in [7, 11) is 0. The van der Waals surface area contributed by atoms with Crippen molar-refractivity contribution in [3.05, 3.63) is 35.7 Å². The summed E-state index contributed by atoms with van der Waals surface area (Å²) in [6.45, 7) is 0. The maximum Gasteiger partial charge on any atom is 0.335 e. The van der Waals surface area contributed by atoms with Gasteiger partial charge in [-0.2, -0.15) is 0 Å². The molecule has 0 bridgehead atoms. The van der Waals surface area contributed by atoms with Gasteiger partial charge >= 0.3 is 11.9 Å². The predicted octanol–water partition coefficient (Wildman–Crippen LogP) is 0.868. The summed E-state index contributed by atoms with van der Waals surface area (Å²) in [5.74, 6) is -2.08. The number of nitrogens with zero attached hydrogens (tertiary/aromatic N) is 2. The second kappa shape index (κ2) is 4.05. The van der Waals surface area contributed by atoms with Crippen molar-refractivity contribution in [1.29, 1.82) is 0 Å². The molecule has 1 aromatic carbocycles. The molecule has 2 aromatic rings. The molecule has 0 spiro atoms. The number of aromatic nitrogens is 3. The number of benzene rings is 1. The largest absolute Gasteiger partial charge is 0.478 e.